The fourth-order valence-electron chi connectivity index (χ4n) is 2.92. The van der Waals surface area contributed by atoms with E-state index in [1.165, 1.54) is 12.1 Å². The summed E-state index contributed by atoms with van der Waals surface area (Å²) in [5.74, 6) is -0.341. The Hall–Kier alpha value is -2.23. The molecule has 1 atom stereocenters. The lowest BCUT2D eigenvalue weighted by Crippen LogP contribution is -2.85. The SMILES string of the molecule is CCOC(=O)C[NH2+]C1=C(C=N)C(NS(=O)(=O)c2cccc(N)c2)CCC1. The van der Waals surface area contributed by atoms with Crippen LogP contribution in [0, 0.1) is 5.41 Å². The van der Waals surface area contributed by atoms with Crippen LogP contribution in [-0.2, 0) is 19.6 Å². The molecule has 1 aromatic rings. The first-order valence-electron chi connectivity index (χ1n) is 8.47. The van der Waals surface area contributed by atoms with Crippen LogP contribution in [0.25, 0.3) is 0 Å². The quantitative estimate of drug-likeness (QED) is 0.288. The Morgan fingerprint density at radius 3 is 2.92 bits per heavy atom. The van der Waals surface area contributed by atoms with Gasteiger partial charge in [-0.3, -0.25) is 0 Å². The molecule has 8 nitrogen and oxygen atoms in total. The Labute approximate surface area is 153 Å². The summed E-state index contributed by atoms with van der Waals surface area (Å²) < 4.78 is 32.8. The minimum Gasteiger partial charge on any atom is -0.462 e. The summed E-state index contributed by atoms with van der Waals surface area (Å²) in [5, 5.41) is 9.42. The third-order valence-electron chi connectivity index (χ3n) is 4.13. The molecule has 0 saturated carbocycles. The second kappa shape index (κ2) is 8.93. The summed E-state index contributed by atoms with van der Waals surface area (Å²) in [6.45, 7) is 2.16. The molecule has 0 bridgehead atoms. The largest absolute Gasteiger partial charge is 0.462 e. The number of hydrogen-bond acceptors (Lipinski definition) is 6. The first kappa shape index (κ1) is 20.1. The number of rotatable bonds is 8. The summed E-state index contributed by atoms with van der Waals surface area (Å²) in [4.78, 5) is 11.6. The molecule has 142 valence electrons. The van der Waals surface area contributed by atoms with E-state index in [9.17, 15) is 13.2 Å². The predicted octanol–water partition coefficient (Wildman–Crippen LogP) is 0.130. The van der Waals surface area contributed by atoms with E-state index < -0.39 is 16.1 Å². The normalized spacial score (nSPS) is 17.8. The van der Waals surface area contributed by atoms with Crippen molar-refractivity contribution in [3.05, 3.63) is 35.5 Å². The molecule has 0 radical (unpaired) electrons. The van der Waals surface area contributed by atoms with Gasteiger partial charge in [-0.1, -0.05) is 6.07 Å². The Bertz CT molecular complexity index is 805. The van der Waals surface area contributed by atoms with Crippen molar-refractivity contribution in [2.24, 2.45) is 0 Å². The van der Waals surface area contributed by atoms with Crippen molar-refractivity contribution < 1.29 is 23.3 Å². The molecule has 0 saturated heterocycles. The Balaban J connectivity index is 2.18. The number of nitrogens with two attached hydrogens (primary N) is 2. The number of carbonyl (C=O) groups excluding carboxylic acids is 1. The highest BCUT2D eigenvalue weighted by molar-refractivity contribution is 7.89. The van der Waals surface area contributed by atoms with Crippen molar-refractivity contribution in [3.63, 3.8) is 0 Å². The van der Waals surface area contributed by atoms with Crippen molar-refractivity contribution >= 4 is 27.9 Å². The summed E-state index contributed by atoms with van der Waals surface area (Å²) in [6.07, 6.45) is 3.20. The Morgan fingerprint density at radius 1 is 1.50 bits per heavy atom. The maximum Gasteiger partial charge on any atom is 0.362 e. The van der Waals surface area contributed by atoms with Gasteiger partial charge in [-0.05, 0) is 38.0 Å². The number of nitrogen functional groups attached to an aromatic ring is 1. The molecule has 0 fully saturated rings. The number of benzene rings is 1. The van der Waals surface area contributed by atoms with E-state index in [2.05, 4.69) is 4.72 Å². The van der Waals surface area contributed by atoms with Gasteiger partial charge in [0.05, 0.1) is 17.5 Å². The fraction of sp³-hybridized carbons (Fsp3) is 0.412. The summed E-state index contributed by atoms with van der Waals surface area (Å²) >= 11 is 0. The van der Waals surface area contributed by atoms with Gasteiger partial charge < -0.3 is 21.2 Å². The molecule has 1 aliphatic rings. The van der Waals surface area contributed by atoms with Crippen molar-refractivity contribution in [2.75, 3.05) is 18.9 Å². The van der Waals surface area contributed by atoms with Crippen LogP contribution in [0.1, 0.15) is 26.2 Å². The second-order valence-corrected chi connectivity index (χ2v) is 7.69. The molecule has 2 rings (SSSR count). The van der Waals surface area contributed by atoms with Gasteiger partial charge in [-0.25, -0.2) is 17.9 Å². The van der Waals surface area contributed by atoms with Crippen molar-refractivity contribution in [1.29, 1.82) is 5.41 Å². The number of esters is 1. The van der Waals surface area contributed by atoms with Crippen molar-refractivity contribution in [3.8, 4) is 0 Å². The highest BCUT2D eigenvalue weighted by Gasteiger charge is 2.29. The van der Waals surface area contributed by atoms with Crippen LogP contribution in [0.5, 0.6) is 0 Å². The maximum absolute atomic E-state index is 12.6. The number of carbonyl (C=O) groups is 1. The lowest BCUT2D eigenvalue weighted by atomic mass is 9.92. The standard InChI is InChI=1S/C17H24N4O4S/c1-2-25-17(22)11-20-15-7-4-8-16(14(15)10-18)21-26(23,24)13-6-3-5-12(19)9-13/h3,5-6,9-10,16,18,20-21H,2,4,7-8,11,19H2,1H3/p+1. The van der Waals surface area contributed by atoms with Crippen molar-refractivity contribution in [1.82, 2.24) is 4.72 Å². The minimum absolute atomic E-state index is 0.0875. The second-order valence-electron chi connectivity index (χ2n) is 5.98. The molecule has 0 amide bonds. The first-order chi connectivity index (χ1) is 12.4. The zero-order chi connectivity index (χ0) is 19.2. The molecule has 1 unspecified atom stereocenters. The minimum atomic E-state index is -3.76. The third kappa shape index (κ3) is 5.13. The van der Waals surface area contributed by atoms with Gasteiger partial charge in [0.2, 0.25) is 10.0 Å². The summed E-state index contributed by atoms with van der Waals surface area (Å²) in [5.41, 5.74) is 7.42. The van der Waals surface area contributed by atoms with Gasteiger partial charge in [-0.2, -0.15) is 0 Å². The number of hydrogen-bond donors (Lipinski definition) is 4. The predicted molar refractivity (Wildman–Crippen MR) is 98.1 cm³/mol. The Morgan fingerprint density at radius 2 is 2.27 bits per heavy atom. The number of ether oxygens (including phenoxy) is 1. The van der Waals surface area contributed by atoms with Gasteiger partial charge >= 0.3 is 5.97 Å². The van der Waals surface area contributed by atoms with Crippen LogP contribution in [0.3, 0.4) is 0 Å². The fourth-order valence-corrected chi connectivity index (χ4v) is 4.22. The topological polar surface area (TPSA) is 139 Å². The number of nitrogens with one attached hydrogen (secondary N) is 2. The van der Waals surface area contributed by atoms with E-state index in [4.69, 9.17) is 15.9 Å². The number of sulfonamides is 1. The van der Waals surface area contributed by atoms with Gasteiger partial charge in [0.25, 0.3) is 0 Å². The van der Waals surface area contributed by atoms with Crippen LogP contribution in [0.4, 0.5) is 5.69 Å². The average Bonchev–Trinajstić information content (AvgIpc) is 2.60. The van der Waals surface area contributed by atoms with Gasteiger partial charge in [0.1, 0.15) is 5.70 Å². The molecule has 0 heterocycles. The molecular formula is C17H25N4O4S+. The van der Waals surface area contributed by atoms with E-state index in [1.54, 1.807) is 24.4 Å². The molecule has 1 aromatic carbocycles. The third-order valence-corrected chi connectivity index (χ3v) is 5.60. The van der Waals surface area contributed by atoms with E-state index >= 15 is 0 Å². The lowest BCUT2D eigenvalue weighted by molar-refractivity contribution is -0.600. The highest BCUT2D eigenvalue weighted by Crippen LogP contribution is 2.22. The summed E-state index contributed by atoms with van der Waals surface area (Å²) in [6, 6.07) is 5.55. The number of quaternary nitrogens is 1. The Kier molecular flexibility index (Phi) is 6.90. The van der Waals surface area contributed by atoms with Crippen LogP contribution in [0.2, 0.25) is 0 Å². The zero-order valence-corrected chi connectivity index (χ0v) is 15.5. The molecule has 0 aliphatic heterocycles. The number of allylic oxidation sites excluding steroid dienone is 1. The van der Waals surface area contributed by atoms with Gasteiger partial charge in [0.15, 0.2) is 6.54 Å². The molecule has 0 aromatic heterocycles. The zero-order valence-electron chi connectivity index (χ0n) is 14.7. The van der Waals surface area contributed by atoms with E-state index in [1.807, 2.05) is 0 Å². The number of anilines is 1. The maximum atomic E-state index is 12.6. The molecule has 9 heteroatoms. The van der Waals surface area contributed by atoms with Crippen LogP contribution in [-0.4, -0.2) is 39.8 Å². The molecule has 6 N–H and O–H groups in total. The molecule has 26 heavy (non-hydrogen) atoms. The van der Waals surface area contributed by atoms with E-state index in [0.29, 0.717) is 30.7 Å². The van der Waals surface area contributed by atoms with Crippen LogP contribution < -0.4 is 15.8 Å². The highest BCUT2D eigenvalue weighted by atomic mass is 32.2. The van der Waals surface area contributed by atoms with Crippen LogP contribution in [0.15, 0.2) is 40.4 Å². The van der Waals surface area contributed by atoms with Gasteiger partial charge in [-0.15, -0.1) is 0 Å². The van der Waals surface area contributed by atoms with Crippen molar-refractivity contribution in [2.45, 2.75) is 37.1 Å². The van der Waals surface area contributed by atoms with E-state index in [-0.39, 0.29) is 17.4 Å². The first-order valence-corrected chi connectivity index (χ1v) is 9.96. The summed E-state index contributed by atoms with van der Waals surface area (Å²) in [7, 11) is -3.76. The molecule has 1 aliphatic carbocycles. The molecule has 0 spiro atoms. The van der Waals surface area contributed by atoms with E-state index in [0.717, 1.165) is 18.3 Å². The molecular weight excluding hydrogens is 356 g/mol. The lowest BCUT2D eigenvalue weighted by Gasteiger charge is -2.25. The van der Waals surface area contributed by atoms with Crippen LogP contribution >= 0.6 is 0 Å². The van der Waals surface area contributed by atoms with Gasteiger partial charge in [0, 0.05) is 23.9 Å². The smallest absolute Gasteiger partial charge is 0.362 e. The average molecular weight is 381 g/mol. The monoisotopic (exact) mass is 381 g/mol.